The average Bonchev–Trinajstić information content (AvgIpc) is 2.33. The molecule has 0 unspecified atom stereocenters. The summed E-state index contributed by atoms with van der Waals surface area (Å²) < 4.78 is 34.3. The SMILES string of the molecule is COCCCOc1cccc(NS(N)(=O)=O)c1C#N. The van der Waals surface area contributed by atoms with Crippen LogP contribution < -0.4 is 14.6 Å². The quantitative estimate of drug-likeness (QED) is 0.711. The molecule has 1 rings (SSSR count). The van der Waals surface area contributed by atoms with Crippen LogP contribution in [0.15, 0.2) is 18.2 Å². The summed E-state index contributed by atoms with van der Waals surface area (Å²) in [5.41, 5.74) is 0.184. The highest BCUT2D eigenvalue weighted by molar-refractivity contribution is 7.90. The zero-order chi connectivity index (χ0) is 14.3. The molecule has 0 heterocycles. The van der Waals surface area contributed by atoms with Crippen molar-refractivity contribution in [2.45, 2.75) is 6.42 Å². The van der Waals surface area contributed by atoms with Gasteiger partial charge < -0.3 is 9.47 Å². The van der Waals surface area contributed by atoms with E-state index < -0.39 is 10.2 Å². The van der Waals surface area contributed by atoms with Crippen LogP contribution in [0.3, 0.4) is 0 Å². The van der Waals surface area contributed by atoms with Crippen molar-refractivity contribution in [3.05, 3.63) is 23.8 Å². The molecule has 0 saturated heterocycles. The number of rotatable bonds is 7. The molecule has 0 atom stereocenters. The van der Waals surface area contributed by atoms with Gasteiger partial charge in [-0.3, -0.25) is 4.72 Å². The number of nitrogens with zero attached hydrogens (tertiary/aromatic N) is 1. The Bertz CT molecular complexity index is 566. The van der Waals surface area contributed by atoms with Crippen LogP contribution in [0.2, 0.25) is 0 Å². The summed E-state index contributed by atoms with van der Waals surface area (Å²) in [7, 11) is -2.35. The molecule has 0 spiro atoms. The predicted octanol–water partition coefficient (Wildman–Crippen LogP) is 0.589. The molecule has 0 fully saturated rings. The zero-order valence-electron chi connectivity index (χ0n) is 10.4. The fourth-order valence-corrected chi connectivity index (χ4v) is 1.87. The third kappa shape index (κ3) is 5.13. The Morgan fingerprint density at radius 3 is 2.74 bits per heavy atom. The van der Waals surface area contributed by atoms with Gasteiger partial charge in [0.25, 0.3) is 10.2 Å². The van der Waals surface area contributed by atoms with Crippen LogP contribution >= 0.6 is 0 Å². The van der Waals surface area contributed by atoms with Gasteiger partial charge in [0.05, 0.1) is 12.3 Å². The maximum atomic E-state index is 11.0. The van der Waals surface area contributed by atoms with Crippen LogP contribution in [0.25, 0.3) is 0 Å². The van der Waals surface area contributed by atoms with Crippen LogP contribution in [0.1, 0.15) is 12.0 Å². The highest BCUT2D eigenvalue weighted by Gasteiger charge is 2.12. The van der Waals surface area contributed by atoms with E-state index in [1.54, 1.807) is 19.2 Å². The summed E-state index contributed by atoms with van der Waals surface area (Å²) in [5, 5.41) is 13.9. The fourth-order valence-electron chi connectivity index (χ4n) is 1.39. The molecular weight excluding hydrogens is 270 g/mol. The third-order valence-corrected chi connectivity index (χ3v) is 2.65. The lowest BCUT2D eigenvalue weighted by Gasteiger charge is -2.11. The number of nitrogens with two attached hydrogens (primary N) is 1. The minimum absolute atomic E-state index is 0.0916. The topological polar surface area (TPSA) is 114 Å². The third-order valence-electron chi connectivity index (χ3n) is 2.14. The van der Waals surface area contributed by atoms with Crippen molar-refractivity contribution in [3.63, 3.8) is 0 Å². The number of ether oxygens (including phenoxy) is 2. The zero-order valence-corrected chi connectivity index (χ0v) is 11.2. The Morgan fingerprint density at radius 2 is 2.16 bits per heavy atom. The van der Waals surface area contributed by atoms with Crippen molar-refractivity contribution >= 4 is 15.9 Å². The highest BCUT2D eigenvalue weighted by atomic mass is 32.2. The maximum Gasteiger partial charge on any atom is 0.296 e. The van der Waals surface area contributed by atoms with Gasteiger partial charge in [0, 0.05) is 20.1 Å². The lowest BCUT2D eigenvalue weighted by molar-refractivity contribution is 0.172. The van der Waals surface area contributed by atoms with E-state index in [1.807, 2.05) is 6.07 Å². The van der Waals surface area contributed by atoms with E-state index in [0.29, 0.717) is 25.4 Å². The molecular formula is C11H15N3O4S. The van der Waals surface area contributed by atoms with Gasteiger partial charge in [0.15, 0.2) is 0 Å². The number of nitrogens with one attached hydrogen (secondary N) is 1. The molecule has 3 N–H and O–H groups in total. The Hall–Kier alpha value is -1.82. The second kappa shape index (κ2) is 6.94. The highest BCUT2D eigenvalue weighted by Crippen LogP contribution is 2.26. The van der Waals surface area contributed by atoms with Gasteiger partial charge in [-0.1, -0.05) is 6.07 Å². The second-order valence-corrected chi connectivity index (χ2v) is 4.93. The average molecular weight is 285 g/mol. The van der Waals surface area contributed by atoms with Crippen LogP contribution in [-0.2, 0) is 14.9 Å². The van der Waals surface area contributed by atoms with Crippen molar-refractivity contribution in [2.24, 2.45) is 5.14 Å². The molecule has 104 valence electrons. The second-order valence-electron chi connectivity index (χ2n) is 3.63. The number of methoxy groups -OCH3 is 1. The molecule has 8 heteroatoms. The molecule has 19 heavy (non-hydrogen) atoms. The van der Waals surface area contributed by atoms with Crippen molar-refractivity contribution in [3.8, 4) is 11.8 Å². The van der Waals surface area contributed by atoms with Gasteiger partial charge in [0.1, 0.15) is 17.4 Å². The van der Waals surface area contributed by atoms with Crippen molar-refractivity contribution in [2.75, 3.05) is 25.0 Å². The van der Waals surface area contributed by atoms with E-state index in [-0.39, 0.29) is 11.3 Å². The molecule has 1 aromatic carbocycles. The minimum atomic E-state index is -3.93. The molecule has 0 aliphatic rings. The summed E-state index contributed by atoms with van der Waals surface area (Å²) in [6.45, 7) is 0.901. The van der Waals surface area contributed by atoms with E-state index in [9.17, 15) is 8.42 Å². The van der Waals surface area contributed by atoms with Crippen molar-refractivity contribution in [1.29, 1.82) is 5.26 Å². The monoisotopic (exact) mass is 285 g/mol. The van der Waals surface area contributed by atoms with E-state index in [4.69, 9.17) is 19.9 Å². The molecule has 1 aromatic rings. The summed E-state index contributed by atoms with van der Waals surface area (Å²) in [6.07, 6.45) is 0.661. The number of hydrogen-bond acceptors (Lipinski definition) is 5. The Kier molecular flexibility index (Phi) is 5.57. The van der Waals surface area contributed by atoms with Crippen molar-refractivity contribution < 1.29 is 17.9 Å². The molecule has 7 nitrogen and oxygen atoms in total. The van der Waals surface area contributed by atoms with E-state index in [2.05, 4.69) is 4.72 Å². The van der Waals surface area contributed by atoms with E-state index in [1.165, 1.54) is 6.07 Å². The first-order chi connectivity index (χ1) is 8.98. The molecule has 0 radical (unpaired) electrons. The van der Waals surface area contributed by atoms with Gasteiger partial charge in [-0.25, -0.2) is 5.14 Å². The van der Waals surface area contributed by atoms with Crippen LogP contribution in [0.5, 0.6) is 5.75 Å². The van der Waals surface area contributed by atoms with Gasteiger partial charge in [-0.2, -0.15) is 13.7 Å². The van der Waals surface area contributed by atoms with Crippen LogP contribution in [0.4, 0.5) is 5.69 Å². The molecule has 0 saturated carbocycles. The first-order valence-corrected chi connectivity index (χ1v) is 6.98. The summed E-state index contributed by atoms with van der Waals surface area (Å²) in [6, 6.07) is 6.48. The first kappa shape index (κ1) is 15.2. The summed E-state index contributed by atoms with van der Waals surface area (Å²) in [5.74, 6) is 0.298. The Balaban J connectivity index is 2.88. The van der Waals surface area contributed by atoms with Gasteiger partial charge in [-0.05, 0) is 12.1 Å². The lowest BCUT2D eigenvalue weighted by atomic mass is 10.2. The number of nitriles is 1. The van der Waals surface area contributed by atoms with Gasteiger partial charge in [-0.15, -0.1) is 0 Å². The van der Waals surface area contributed by atoms with Gasteiger partial charge in [0.2, 0.25) is 0 Å². The normalized spacial score (nSPS) is 10.8. The molecule has 0 aliphatic carbocycles. The minimum Gasteiger partial charge on any atom is -0.492 e. The Labute approximate surface area is 112 Å². The molecule has 0 aliphatic heterocycles. The maximum absolute atomic E-state index is 11.0. The smallest absolute Gasteiger partial charge is 0.296 e. The fraction of sp³-hybridized carbons (Fsp3) is 0.364. The summed E-state index contributed by atoms with van der Waals surface area (Å²) in [4.78, 5) is 0. The van der Waals surface area contributed by atoms with Crippen LogP contribution in [-0.4, -0.2) is 28.7 Å². The molecule has 0 amide bonds. The molecule has 0 bridgehead atoms. The largest absolute Gasteiger partial charge is 0.492 e. The Morgan fingerprint density at radius 1 is 1.42 bits per heavy atom. The number of benzene rings is 1. The number of hydrogen-bond donors (Lipinski definition) is 2. The summed E-state index contributed by atoms with van der Waals surface area (Å²) >= 11 is 0. The van der Waals surface area contributed by atoms with E-state index >= 15 is 0 Å². The first-order valence-electron chi connectivity index (χ1n) is 5.43. The van der Waals surface area contributed by atoms with E-state index in [0.717, 1.165) is 0 Å². The lowest BCUT2D eigenvalue weighted by Crippen LogP contribution is -2.22. The standard InChI is InChI=1S/C11H15N3O4S/c1-17-6-3-7-18-11-5-2-4-10(9(11)8-12)14-19(13,15)16/h2,4-5,14H,3,6-7H2,1H3,(H2,13,15,16). The van der Waals surface area contributed by atoms with Crippen molar-refractivity contribution in [1.82, 2.24) is 0 Å². The molecule has 0 aromatic heterocycles. The number of anilines is 1. The predicted molar refractivity (Wildman–Crippen MR) is 69.9 cm³/mol. The van der Waals surface area contributed by atoms with Crippen LogP contribution in [0, 0.1) is 11.3 Å². The van der Waals surface area contributed by atoms with Gasteiger partial charge >= 0.3 is 0 Å².